The molecule has 2 aromatic carbocycles. The monoisotopic (exact) mass is 1120 g/mol. The molecule has 11 heterocycles. The van der Waals surface area contributed by atoms with Crippen LogP contribution in [0, 0.1) is 0 Å². The van der Waals surface area contributed by atoms with Gasteiger partial charge in [-0.3, -0.25) is 0 Å². The van der Waals surface area contributed by atoms with E-state index < -0.39 is 24.2 Å². The van der Waals surface area contributed by atoms with Crippen molar-refractivity contribution in [1.29, 1.82) is 0 Å². The van der Waals surface area contributed by atoms with Gasteiger partial charge in [0.05, 0.1) is 58.0 Å². The first kappa shape index (κ1) is 53.7. The largest absolute Gasteiger partial charge is 0.514 e. The Morgan fingerprint density at radius 2 is 1.03 bits per heavy atom. The van der Waals surface area contributed by atoms with E-state index in [1.54, 1.807) is 19.2 Å². The predicted octanol–water partition coefficient (Wildman–Crippen LogP) is 9.07. The highest BCUT2D eigenvalue weighted by Crippen LogP contribution is 2.56. The summed E-state index contributed by atoms with van der Waals surface area (Å²) >= 11 is 3.53. The SMILES string of the molecule is CC1(C)OB(c2cccc(-n3cccc3)n2)OC1(C)C.CN1OC2(CC3(CCOC(C)(C)C3)Oc3ccc(-c4cccc(-n5cccc5)n4)cc32)N=C1N.CN1OC2(CC3(CCOC(C)(C)C3)Oc3ccc(Br)cc32)N=C1N. The van der Waals surface area contributed by atoms with Crippen molar-refractivity contribution < 1.29 is 37.9 Å². The van der Waals surface area contributed by atoms with Gasteiger partial charge in [0.1, 0.15) is 34.3 Å². The standard InChI is InChI=1S/C26H29N5O3.C17H22BrN3O3.C15H19BN2O2/c1-24(2)16-25(11-14-32-24)17-26(29-23(27)30(3)34-26)19-15-18(9-10-21(19)33-25)20-7-6-8-22(28-20)31-12-4-5-13-31;1-15(2)9-16(6-7-22-15)10-17(20-14(19)21(3)24-17)12-8-11(18)4-5-13(12)23-16;1-14(2)15(3,4)20-16(19-14)12-8-7-9-13(17-12)18-10-5-6-11-18/h4-10,12-13,15H,11,14,16-17H2,1-3H3,(H2,27,29);4-5,8H,6-7,9-10H2,1-3H3,(H2,19,20);5-11H,1-4H3. The molecule has 6 aromatic rings. The van der Waals surface area contributed by atoms with Crippen molar-refractivity contribution in [2.24, 2.45) is 21.5 Å². The van der Waals surface area contributed by atoms with Crippen LogP contribution in [0.3, 0.4) is 0 Å². The Hall–Kier alpha value is -6.26. The highest BCUT2D eigenvalue weighted by atomic mass is 79.9. The molecule has 20 heteroatoms. The molecule has 7 aliphatic heterocycles. The minimum atomic E-state index is -0.951. The van der Waals surface area contributed by atoms with Crippen LogP contribution in [0.1, 0.15) is 105 Å². The normalized spacial score (nSPS) is 27.7. The molecule has 4 N–H and O–H groups in total. The van der Waals surface area contributed by atoms with E-state index in [4.69, 9.17) is 64.4 Å². The number of hydroxylamine groups is 4. The number of halogens is 1. The van der Waals surface area contributed by atoms with Crippen LogP contribution in [0.4, 0.5) is 0 Å². The van der Waals surface area contributed by atoms with Gasteiger partial charge in [0, 0.05) is 87.4 Å². The van der Waals surface area contributed by atoms with Crippen molar-refractivity contribution in [2.75, 3.05) is 27.3 Å². The molecule has 410 valence electrons. The van der Waals surface area contributed by atoms with Crippen LogP contribution in [0.2, 0.25) is 0 Å². The number of hydrogen-bond donors (Lipinski definition) is 2. The molecule has 4 spiro atoms. The lowest BCUT2D eigenvalue weighted by Crippen LogP contribution is -2.55. The number of ether oxygens (including phenoxy) is 4. The van der Waals surface area contributed by atoms with Crippen molar-refractivity contribution in [3.63, 3.8) is 0 Å². The third-order valence-electron chi connectivity index (χ3n) is 16.0. The molecule has 18 nitrogen and oxygen atoms in total. The summed E-state index contributed by atoms with van der Waals surface area (Å²) in [6.45, 7) is 17.9. The van der Waals surface area contributed by atoms with Gasteiger partial charge >= 0.3 is 7.12 Å². The molecule has 0 saturated carbocycles. The Morgan fingerprint density at radius 3 is 1.51 bits per heavy atom. The summed E-state index contributed by atoms with van der Waals surface area (Å²) in [4.78, 5) is 31.6. The smallest absolute Gasteiger partial charge is 0.486 e. The van der Waals surface area contributed by atoms with Gasteiger partial charge in [-0.15, -0.1) is 0 Å². The Balaban J connectivity index is 0.000000129. The third kappa shape index (κ3) is 10.3. The summed E-state index contributed by atoms with van der Waals surface area (Å²) in [7, 11) is 3.15. The van der Waals surface area contributed by atoms with Crippen LogP contribution in [0.5, 0.6) is 11.5 Å². The minimum absolute atomic E-state index is 0.244. The Labute approximate surface area is 465 Å². The fourth-order valence-electron chi connectivity index (χ4n) is 11.8. The quantitative estimate of drug-likeness (QED) is 0.159. The number of guanidine groups is 2. The number of aromatic nitrogens is 4. The van der Waals surface area contributed by atoms with Gasteiger partial charge in [0.25, 0.3) is 0 Å². The maximum atomic E-state index is 6.71. The summed E-state index contributed by atoms with van der Waals surface area (Å²) in [5.41, 5.74) is 12.8. The molecule has 4 atom stereocenters. The fraction of sp³-hybridized carbons (Fsp3) is 0.448. The minimum Gasteiger partial charge on any atom is -0.486 e. The zero-order chi connectivity index (χ0) is 55.1. The molecular formula is C58H70BBrN10O8. The van der Waals surface area contributed by atoms with Gasteiger partial charge in [0.2, 0.25) is 23.4 Å². The summed E-state index contributed by atoms with van der Waals surface area (Å²) in [6, 6.07) is 31.9. The number of aliphatic imine (C=N–C) groups is 2. The van der Waals surface area contributed by atoms with E-state index in [0.717, 1.165) is 81.3 Å². The summed E-state index contributed by atoms with van der Waals surface area (Å²) in [5.74, 6) is 4.02. The number of pyridine rings is 2. The molecule has 0 radical (unpaired) electrons. The van der Waals surface area contributed by atoms with Crippen LogP contribution >= 0.6 is 15.9 Å². The molecule has 0 bridgehead atoms. The first-order chi connectivity index (χ1) is 36.9. The Morgan fingerprint density at radius 1 is 0.551 bits per heavy atom. The lowest BCUT2D eigenvalue weighted by atomic mass is 9.75. The number of rotatable bonds is 4. The molecule has 4 unspecified atom stereocenters. The topological polar surface area (TPSA) is 193 Å². The van der Waals surface area contributed by atoms with Crippen LogP contribution < -0.4 is 26.5 Å². The van der Waals surface area contributed by atoms with E-state index in [1.165, 1.54) is 5.06 Å². The molecule has 13 rings (SSSR count). The maximum absolute atomic E-state index is 6.71. The molecular weight excluding hydrogens is 1060 g/mol. The lowest BCUT2D eigenvalue weighted by molar-refractivity contribution is -0.225. The van der Waals surface area contributed by atoms with Gasteiger partial charge in [0.15, 0.2) is 0 Å². The number of fused-ring (bicyclic) bond motifs is 4. The van der Waals surface area contributed by atoms with E-state index >= 15 is 0 Å². The first-order valence-corrected chi connectivity index (χ1v) is 27.4. The number of nitrogens with zero attached hydrogens (tertiary/aromatic N) is 8. The molecule has 3 saturated heterocycles. The zero-order valence-electron chi connectivity index (χ0n) is 46.2. The van der Waals surface area contributed by atoms with Crippen LogP contribution in [0.15, 0.2) is 136 Å². The van der Waals surface area contributed by atoms with E-state index in [1.807, 2.05) is 153 Å². The van der Waals surface area contributed by atoms with Crippen molar-refractivity contribution >= 4 is 40.6 Å². The van der Waals surface area contributed by atoms with Gasteiger partial charge in [-0.1, -0.05) is 28.1 Å². The predicted molar refractivity (Wildman–Crippen MR) is 301 cm³/mol. The summed E-state index contributed by atoms with van der Waals surface area (Å²) in [5, 5.41) is 3.08. The molecule has 0 amide bonds. The van der Waals surface area contributed by atoms with Gasteiger partial charge in [-0.25, -0.2) is 39.8 Å². The number of nitrogens with two attached hydrogens (primary N) is 2. The molecule has 78 heavy (non-hydrogen) atoms. The fourth-order valence-corrected chi connectivity index (χ4v) is 12.1. The molecule has 7 aliphatic rings. The van der Waals surface area contributed by atoms with Crippen molar-refractivity contribution in [2.45, 2.75) is 139 Å². The number of benzene rings is 2. The highest BCUT2D eigenvalue weighted by Gasteiger charge is 2.59. The Bertz CT molecular complexity index is 3250. The highest BCUT2D eigenvalue weighted by molar-refractivity contribution is 9.10. The third-order valence-corrected chi connectivity index (χ3v) is 16.5. The van der Waals surface area contributed by atoms with E-state index in [9.17, 15) is 0 Å². The molecule has 3 fully saturated rings. The average molecular weight is 1130 g/mol. The second kappa shape index (κ2) is 19.5. The second-order valence-electron chi connectivity index (χ2n) is 23.6. The zero-order valence-corrected chi connectivity index (χ0v) is 47.7. The molecule has 4 aromatic heterocycles. The van der Waals surface area contributed by atoms with Gasteiger partial charge in [-0.05, 0) is 140 Å². The number of hydrogen-bond acceptors (Lipinski definition) is 16. The van der Waals surface area contributed by atoms with Crippen LogP contribution in [0.25, 0.3) is 22.9 Å². The van der Waals surface area contributed by atoms with Crippen LogP contribution in [-0.2, 0) is 39.9 Å². The summed E-state index contributed by atoms with van der Waals surface area (Å²) in [6.07, 6.45) is 12.2. The Kier molecular flexibility index (Phi) is 13.5. The van der Waals surface area contributed by atoms with Crippen LogP contribution in [-0.4, -0.2) is 109 Å². The van der Waals surface area contributed by atoms with Crippen molar-refractivity contribution in [3.05, 3.63) is 137 Å². The van der Waals surface area contributed by atoms with Gasteiger partial charge < -0.3 is 48.9 Å². The van der Waals surface area contributed by atoms with E-state index in [0.29, 0.717) is 38.0 Å². The average Bonchev–Trinajstić information content (AvgIpc) is 4.38. The molecule has 0 aliphatic carbocycles. The van der Waals surface area contributed by atoms with Gasteiger partial charge in [-0.2, -0.15) is 0 Å². The van der Waals surface area contributed by atoms with E-state index in [2.05, 4.69) is 54.7 Å². The van der Waals surface area contributed by atoms with E-state index in [-0.39, 0.29) is 28.0 Å². The van der Waals surface area contributed by atoms with Crippen molar-refractivity contribution in [3.8, 4) is 34.4 Å². The second-order valence-corrected chi connectivity index (χ2v) is 24.5. The lowest BCUT2D eigenvalue weighted by Gasteiger charge is -2.50. The summed E-state index contributed by atoms with van der Waals surface area (Å²) < 4.78 is 42.1. The first-order valence-electron chi connectivity index (χ1n) is 26.6. The maximum Gasteiger partial charge on any atom is 0.514 e. The van der Waals surface area contributed by atoms with Crippen molar-refractivity contribution in [1.82, 2.24) is 29.2 Å².